The lowest BCUT2D eigenvalue weighted by molar-refractivity contribution is 0.481. The van der Waals surface area contributed by atoms with Crippen LogP contribution in [0.2, 0.25) is 0 Å². The van der Waals surface area contributed by atoms with Crippen molar-refractivity contribution >= 4 is 27.3 Å². The lowest BCUT2D eigenvalue weighted by Crippen LogP contribution is -2.24. The van der Waals surface area contributed by atoms with E-state index in [-0.39, 0.29) is 0 Å². The average molecular weight is 356 g/mol. The highest BCUT2D eigenvalue weighted by Crippen LogP contribution is 2.31. The molecule has 0 aromatic carbocycles. The normalized spacial score (nSPS) is 12.8. The van der Waals surface area contributed by atoms with Crippen molar-refractivity contribution in [3.63, 3.8) is 0 Å². The van der Waals surface area contributed by atoms with Gasteiger partial charge in [0, 0.05) is 32.8 Å². The Balaban J connectivity index is 2.26. The lowest BCUT2D eigenvalue weighted by atomic mass is 9.98. The quantitative estimate of drug-likeness (QED) is 0.759. The number of nitrogens with one attached hydrogen (secondary N) is 1. The number of halogens is 1. The molecule has 2 aromatic rings. The molecule has 4 heteroatoms. The van der Waals surface area contributed by atoms with Crippen LogP contribution >= 0.6 is 27.3 Å². The Hall–Kier alpha value is -0.580. The molecule has 0 aliphatic rings. The van der Waals surface area contributed by atoms with Crippen LogP contribution in [0.1, 0.15) is 46.9 Å². The van der Waals surface area contributed by atoms with E-state index in [0.29, 0.717) is 6.04 Å². The fraction of sp³-hybridized carbons (Fsp3) is 0.500. The maximum Gasteiger partial charge on any atom is 0.106 e. The van der Waals surface area contributed by atoms with Gasteiger partial charge in [-0.15, -0.1) is 11.3 Å². The molecule has 0 fully saturated rings. The zero-order valence-electron chi connectivity index (χ0n) is 12.5. The summed E-state index contributed by atoms with van der Waals surface area (Å²) in [6.45, 7) is 9.50. The van der Waals surface area contributed by atoms with Gasteiger partial charge in [0.1, 0.15) is 11.5 Å². The van der Waals surface area contributed by atoms with E-state index in [2.05, 4.69) is 53.5 Å². The van der Waals surface area contributed by atoms with E-state index in [9.17, 15) is 0 Å². The highest BCUT2D eigenvalue weighted by atomic mass is 79.9. The first-order chi connectivity index (χ1) is 9.52. The Morgan fingerprint density at radius 3 is 2.55 bits per heavy atom. The Bertz CT molecular complexity index is 573. The Kier molecular flexibility index (Phi) is 5.47. The van der Waals surface area contributed by atoms with Crippen LogP contribution in [0.4, 0.5) is 0 Å². The van der Waals surface area contributed by atoms with E-state index in [1.54, 1.807) is 0 Å². The third-order valence-electron chi connectivity index (χ3n) is 3.63. The van der Waals surface area contributed by atoms with Gasteiger partial charge in [-0.3, -0.25) is 0 Å². The van der Waals surface area contributed by atoms with Crippen molar-refractivity contribution in [1.29, 1.82) is 0 Å². The number of hydrogen-bond acceptors (Lipinski definition) is 3. The molecule has 2 rings (SSSR count). The van der Waals surface area contributed by atoms with Crippen LogP contribution in [0, 0.1) is 20.8 Å². The number of furan rings is 1. The molecular weight excluding hydrogens is 334 g/mol. The maximum absolute atomic E-state index is 5.80. The fourth-order valence-corrected chi connectivity index (χ4v) is 4.08. The predicted octanol–water partition coefficient (Wildman–Crippen LogP) is 5.31. The summed E-state index contributed by atoms with van der Waals surface area (Å²) in [5.41, 5.74) is 2.62. The van der Waals surface area contributed by atoms with E-state index in [0.717, 1.165) is 30.9 Å². The molecule has 0 aliphatic heterocycles. The van der Waals surface area contributed by atoms with Gasteiger partial charge in [-0.05, 0) is 61.3 Å². The van der Waals surface area contributed by atoms with Crippen LogP contribution < -0.4 is 5.32 Å². The van der Waals surface area contributed by atoms with Crippen LogP contribution in [-0.4, -0.2) is 6.54 Å². The number of aryl methyl sites for hydroxylation is 2. The van der Waals surface area contributed by atoms with Gasteiger partial charge in [0.15, 0.2) is 0 Å². The van der Waals surface area contributed by atoms with Crippen molar-refractivity contribution in [2.45, 2.75) is 46.6 Å². The zero-order chi connectivity index (χ0) is 14.7. The Labute approximate surface area is 133 Å². The van der Waals surface area contributed by atoms with Crippen molar-refractivity contribution in [2.75, 3.05) is 6.54 Å². The maximum atomic E-state index is 5.80. The summed E-state index contributed by atoms with van der Waals surface area (Å²) in [7, 11) is 0. The van der Waals surface area contributed by atoms with Crippen LogP contribution in [-0.2, 0) is 6.42 Å². The molecule has 0 saturated heterocycles. The minimum atomic E-state index is 0.331. The van der Waals surface area contributed by atoms with Gasteiger partial charge in [-0.2, -0.15) is 0 Å². The molecule has 0 radical (unpaired) electrons. The molecule has 1 atom stereocenters. The van der Waals surface area contributed by atoms with Crippen LogP contribution in [0.15, 0.2) is 20.3 Å². The first-order valence-electron chi connectivity index (χ1n) is 7.05. The number of thiophene rings is 1. The van der Waals surface area contributed by atoms with Gasteiger partial charge in [0.2, 0.25) is 0 Å². The van der Waals surface area contributed by atoms with Gasteiger partial charge in [-0.25, -0.2) is 0 Å². The summed E-state index contributed by atoms with van der Waals surface area (Å²) < 4.78 is 6.97. The number of hydrogen-bond donors (Lipinski definition) is 1. The van der Waals surface area contributed by atoms with Crippen molar-refractivity contribution in [3.05, 3.63) is 43.4 Å². The van der Waals surface area contributed by atoms with E-state index in [4.69, 9.17) is 4.42 Å². The second-order valence-corrected chi connectivity index (χ2v) is 7.11. The van der Waals surface area contributed by atoms with E-state index in [1.165, 1.54) is 20.5 Å². The fourth-order valence-electron chi connectivity index (χ4n) is 2.58. The lowest BCUT2D eigenvalue weighted by Gasteiger charge is -2.18. The third-order valence-corrected chi connectivity index (χ3v) is 5.35. The summed E-state index contributed by atoms with van der Waals surface area (Å²) in [4.78, 5) is 1.39. The average Bonchev–Trinajstić information content (AvgIpc) is 2.90. The summed E-state index contributed by atoms with van der Waals surface area (Å²) in [6, 6.07) is 2.54. The SMILES string of the molecule is CCCNC(Cc1cc(Br)cs1)c1c(C)oc(C)c1C. The second-order valence-electron chi connectivity index (χ2n) is 5.20. The Morgan fingerprint density at radius 1 is 1.30 bits per heavy atom. The molecule has 2 nitrogen and oxygen atoms in total. The molecule has 2 heterocycles. The van der Waals surface area contributed by atoms with Gasteiger partial charge in [0.25, 0.3) is 0 Å². The smallest absolute Gasteiger partial charge is 0.106 e. The monoisotopic (exact) mass is 355 g/mol. The minimum absolute atomic E-state index is 0.331. The first-order valence-corrected chi connectivity index (χ1v) is 8.73. The second kappa shape index (κ2) is 6.92. The Morgan fingerprint density at radius 2 is 2.05 bits per heavy atom. The van der Waals surface area contributed by atoms with Crippen molar-refractivity contribution in [1.82, 2.24) is 5.32 Å². The van der Waals surface area contributed by atoms with Crippen LogP contribution in [0.3, 0.4) is 0 Å². The predicted molar refractivity (Wildman–Crippen MR) is 89.7 cm³/mol. The minimum Gasteiger partial charge on any atom is -0.466 e. The summed E-state index contributed by atoms with van der Waals surface area (Å²) in [5, 5.41) is 5.82. The standard InChI is InChI=1S/C16H22BrNOS/c1-5-6-18-15(8-14-7-13(17)9-20-14)16-10(2)11(3)19-12(16)4/h7,9,15,18H,5-6,8H2,1-4H3. The van der Waals surface area contributed by atoms with Gasteiger partial charge in [-0.1, -0.05) is 6.92 Å². The molecule has 1 unspecified atom stereocenters. The molecule has 0 bridgehead atoms. The molecule has 1 N–H and O–H groups in total. The first kappa shape index (κ1) is 15.8. The highest BCUT2D eigenvalue weighted by Gasteiger charge is 2.21. The van der Waals surface area contributed by atoms with Crippen LogP contribution in [0.25, 0.3) is 0 Å². The highest BCUT2D eigenvalue weighted by molar-refractivity contribution is 9.10. The topological polar surface area (TPSA) is 25.2 Å². The molecule has 2 aromatic heterocycles. The summed E-state index contributed by atoms with van der Waals surface area (Å²) >= 11 is 5.34. The van der Waals surface area contributed by atoms with Crippen molar-refractivity contribution < 1.29 is 4.42 Å². The largest absolute Gasteiger partial charge is 0.466 e. The molecule has 0 amide bonds. The van der Waals surface area contributed by atoms with E-state index >= 15 is 0 Å². The third kappa shape index (κ3) is 3.54. The summed E-state index contributed by atoms with van der Waals surface area (Å²) in [6.07, 6.45) is 2.15. The molecular formula is C16H22BrNOS. The molecule has 0 saturated carbocycles. The van der Waals surface area contributed by atoms with Gasteiger partial charge < -0.3 is 9.73 Å². The van der Waals surface area contributed by atoms with Crippen molar-refractivity contribution in [3.8, 4) is 0 Å². The molecule has 0 spiro atoms. The molecule has 20 heavy (non-hydrogen) atoms. The van der Waals surface area contributed by atoms with Gasteiger partial charge in [0.05, 0.1) is 0 Å². The van der Waals surface area contributed by atoms with E-state index < -0.39 is 0 Å². The summed E-state index contributed by atoms with van der Waals surface area (Å²) in [5.74, 6) is 2.08. The van der Waals surface area contributed by atoms with Crippen molar-refractivity contribution in [2.24, 2.45) is 0 Å². The molecule has 110 valence electrons. The molecule has 0 aliphatic carbocycles. The zero-order valence-corrected chi connectivity index (χ0v) is 15.0. The van der Waals surface area contributed by atoms with Crippen LogP contribution in [0.5, 0.6) is 0 Å². The van der Waals surface area contributed by atoms with Gasteiger partial charge >= 0.3 is 0 Å². The number of rotatable bonds is 6. The van der Waals surface area contributed by atoms with E-state index in [1.807, 2.05) is 18.3 Å².